The molecule has 3 aliphatic carbocycles. The lowest BCUT2D eigenvalue weighted by Crippen LogP contribution is -2.51. The average molecular weight is 436 g/mol. The molecule has 0 spiro atoms. The number of fused-ring (bicyclic) bond motifs is 5. The molecular formula is C20H27F3O5S. The summed E-state index contributed by atoms with van der Waals surface area (Å²) in [5.41, 5.74) is -6.18. The second kappa shape index (κ2) is 6.62. The molecule has 0 bridgehead atoms. The second-order valence-electron chi connectivity index (χ2n) is 9.57. The van der Waals surface area contributed by atoms with Crippen LogP contribution in [0.25, 0.3) is 0 Å². The molecule has 4 rings (SSSR count). The van der Waals surface area contributed by atoms with Gasteiger partial charge in [-0.05, 0) is 73.7 Å². The highest BCUT2D eigenvalue weighted by molar-refractivity contribution is 7.87. The first-order valence-corrected chi connectivity index (χ1v) is 11.7. The average Bonchev–Trinajstić information content (AvgIpc) is 2.83. The van der Waals surface area contributed by atoms with Gasteiger partial charge in [0, 0.05) is 11.8 Å². The molecule has 9 heteroatoms. The van der Waals surface area contributed by atoms with Gasteiger partial charge in [0.25, 0.3) is 0 Å². The Morgan fingerprint density at radius 3 is 2.55 bits per heavy atom. The smallest absolute Gasteiger partial charge is 0.466 e. The zero-order valence-corrected chi connectivity index (χ0v) is 17.4. The molecule has 1 unspecified atom stereocenters. The number of carbonyl (C=O) groups is 1. The minimum atomic E-state index is -5.66. The van der Waals surface area contributed by atoms with Crippen molar-refractivity contribution in [3.63, 3.8) is 0 Å². The number of cyclic esters (lactones) is 1. The first kappa shape index (κ1) is 21.0. The van der Waals surface area contributed by atoms with Crippen molar-refractivity contribution in [2.75, 3.05) is 6.61 Å². The van der Waals surface area contributed by atoms with Crippen LogP contribution in [0.15, 0.2) is 11.8 Å². The Morgan fingerprint density at radius 1 is 1.14 bits per heavy atom. The van der Waals surface area contributed by atoms with Crippen LogP contribution in [0.4, 0.5) is 13.2 Å². The van der Waals surface area contributed by atoms with Crippen LogP contribution in [0.1, 0.15) is 58.8 Å². The van der Waals surface area contributed by atoms with E-state index in [0.29, 0.717) is 31.8 Å². The van der Waals surface area contributed by atoms with E-state index in [9.17, 15) is 26.4 Å². The SMILES string of the molecule is C[C@]12CCOC(=O)C[C@@H]1CCC1[C@@H]2CC[C@]2(C)C(OS(=O)(=O)C(F)(F)F)=CC[C@@H]12. The number of alkyl halides is 3. The van der Waals surface area contributed by atoms with E-state index in [1.54, 1.807) is 6.08 Å². The monoisotopic (exact) mass is 436 g/mol. The molecule has 0 aromatic carbocycles. The molecule has 29 heavy (non-hydrogen) atoms. The minimum absolute atomic E-state index is 0.0436. The van der Waals surface area contributed by atoms with Crippen molar-refractivity contribution in [1.82, 2.24) is 0 Å². The normalized spacial score (nSPS) is 42.7. The lowest BCUT2D eigenvalue weighted by Gasteiger charge is -2.58. The highest BCUT2D eigenvalue weighted by Gasteiger charge is 2.60. The van der Waals surface area contributed by atoms with Gasteiger partial charge in [-0.2, -0.15) is 21.6 Å². The number of halogens is 3. The Morgan fingerprint density at radius 2 is 1.86 bits per heavy atom. The van der Waals surface area contributed by atoms with Gasteiger partial charge in [0.05, 0.1) is 6.61 Å². The Hall–Kier alpha value is -1.25. The molecule has 164 valence electrons. The van der Waals surface area contributed by atoms with Crippen molar-refractivity contribution in [3.8, 4) is 0 Å². The standard InChI is InChI=1S/C20H27F3O5S/c1-18-9-10-27-17(24)11-12(18)3-4-13-14-5-6-16(19(14,2)8-7-15(13)18)28-29(25,26)20(21,22)23/h6,12-15H,3-5,7-11H2,1-2H3/t12-,13?,14-,15-,18-,19-/m0/s1. The number of hydrogen-bond donors (Lipinski definition) is 0. The van der Waals surface area contributed by atoms with Gasteiger partial charge < -0.3 is 8.92 Å². The number of allylic oxidation sites excluding steroid dienone is 2. The first-order valence-electron chi connectivity index (χ1n) is 10.3. The Labute approximate surface area is 169 Å². The summed E-state index contributed by atoms with van der Waals surface area (Å²) in [4.78, 5) is 11.9. The van der Waals surface area contributed by atoms with E-state index in [1.165, 1.54) is 0 Å². The van der Waals surface area contributed by atoms with E-state index in [1.807, 2.05) is 6.92 Å². The van der Waals surface area contributed by atoms with E-state index < -0.39 is 21.0 Å². The molecule has 3 fully saturated rings. The number of esters is 1. The summed E-state index contributed by atoms with van der Waals surface area (Å²) in [6.07, 6.45) is 6.44. The third-order valence-corrected chi connectivity index (χ3v) is 9.34. The molecular weight excluding hydrogens is 409 g/mol. The molecule has 1 saturated heterocycles. The van der Waals surface area contributed by atoms with Crippen molar-refractivity contribution in [1.29, 1.82) is 0 Å². The van der Waals surface area contributed by atoms with Gasteiger partial charge in [-0.25, -0.2) is 0 Å². The van der Waals surface area contributed by atoms with Gasteiger partial charge in [0.2, 0.25) is 0 Å². The van der Waals surface area contributed by atoms with Crippen LogP contribution in [0.2, 0.25) is 0 Å². The lowest BCUT2D eigenvalue weighted by molar-refractivity contribution is -0.143. The van der Waals surface area contributed by atoms with Crippen molar-refractivity contribution in [3.05, 3.63) is 11.8 Å². The summed E-state index contributed by atoms with van der Waals surface area (Å²) in [7, 11) is -5.66. The molecule has 5 nitrogen and oxygen atoms in total. The molecule has 6 atom stereocenters. The number of ether oxygens (including phenoxy) is 1. The predicted molar refractivity (Wildman–Crippen MR) is 97.6 cm³/mol. The molecule has 2 saturated carbocycles. The van der Waals surface area contributed by atoms with Gasteiger partial charge in [0.15, 0.2) is 0 Å². The van der Waals surface area contributed by atoms with Crippen LogP contribution in [0.3, 0.4) is 0 Å². The van der Waals surface area contributed by atoms with Crippen LogP contribution in [-0.2, 0) is 23.8 Å². The third-order valence-electron chi connectivity index (χ3n) is 8.37. The van der Waals surface area contributed by atoms with Crippen molar-refractivity contribution < 1.29 is 35.3 Å². The molecule has 1 heterocycles. The summed E-state index contributed by atoms with van der Waals surface area (Å²) in [6.45, 7) is 4.48. The third kappa shape index (κ3) is 3.18. The maximum Gasteiger partial charge on any atom is 0.534 e. The molecule has 0 aromatic heterocycles. The van der Waals surface area contributed by atoms with Gasteiger partial charge in [0.1, 0.15) is 5.76 Å². The highest BCUT2D eigenvalue weighted by atomic mass is 32.2. The Kier molecular flexibility index (Phi) is 4.80. The highest BCUT2D eigenvalue weighted by Crippen LogP contribution is 2.65. The van der Waals surface area contributed by atoms with Gasteiger partial charge in [-0.1, -0.05) is 13.8 Å². The quantitative estimate of drug-likeness (QED) is 0.361. The number of carbonyl (C=O) groups excluding carboxylic acids is 1. The first-order chi connectivity index (χ1) is 13.4. The molecule has 1 aliphatic heterocycles. The summed E-state index contributed by atoms with van der Waals surface area (Å²) in [6, 6.07) is 0. The summed E-state index contributed by atoms with van der Waals surface area (Å²) >= 11 is 0. The van der Waals surface area contributed by atoms with Crippen LogP contribution in [0, 0.1) is 34.5 Å². The molecule has 4 aliphatic rings. The predicted octanol–water partition coefficient (Wildman–Crippen LogP) is 4.54. The topological polar surface area (TPSA) is 69.7 Å². The molecule has 0 radical (unpaired) electrons. The molecule has 0 N–H and O–H groups in total. The van der Waals surface area contributed by atoms with Crippen molar-refractivity contribution in [2.45, 2.75) is 64.3 Å². The van der Waals surface area contributed by atoms with Crippen LogP contribution in [-0.4, -0.2) is 26.5 Å². The number of hydrogen-bond acceptors (Lipinski definition) is 5. The largest absolute Gasteiger partial charge is 0.534 e. The maximum atomic E-state index is 12.8. The van der Waals surface area contributed by atoms with Gasteiger partial charge in [-0.15, -0.1) is 0 Å². The fourth-order valence-electron chi connectivity index (χ4n) is 6.73. The fraction of sp³-hybridized carbons (Fsp3) is 0.850. The second-order valence-corrected chi connectivity index (χ2v) is 11.1. The summed E-state index contributed by atoms with van der Waals surface area (Å²) < 4.78 is 71.6. The van der Waals surface area contributed by atoms with Crippen LogP contribution < -0.4 is 0 Å². The zero-order valence-electron chi connectivity index (χ0n) is 16.6. The van der Waals surface area contributed by atoms with E-state index in [-0.39, 0.29) is 34.9 Å². The van der Waals surface area contributed by atoms with Gasteiger partial charge in [-0.3, -0.25) is 4.79 Å². The summed E-state index contributed by atoms with van der Waals surface area (Å²) in [5, 5.41) is 0. The van der Waals surface area contributed by atoms with Crippen molar-refractivity contribution in [2.24, 2.45) is 34.5 Å². The summed E-state index contributed by atoms with van der Waals surface area (Å²) in [5.74, 6) is 0.740. The van der Waals surface area contributed by atoms with Gasteiger partial charge >= 0.3 is 21.6 Å². The minimum Gasteiger partial charge on any atom is -0.466 e. The zero-order chi connectivity index (χ0) is 21.2. The van der Waals surface area contributed by atoms with E-state index in [0.717, 1.165) is 25.7 Å². The van der Waals surface area contributed by atoms with E-state index in [2.05, 4.69) is 11.1 Å². The maximum absolute atomic E-state index is 12.8. The van der Waals surface area contributed by atoms with Crippen LogP contribution in [0.5, 0.6) is 0 Å². The van der Waals surface area contributed by atoms with Crippen LogP contribution >= 0.6 is 0 Å². The molecule has 0 amide bonds. The molecule has 0 aromatic rings. The van der Waals surface area contributed by atoms with E-state index in [4.69, 9.17) is 4.74 Å². The lowest BCUT2D eigenvalue weighted by atomic mass is 9.46. The fourth-order valence-corrected chi connectivity index (χ4v) is 7.32. The van der Waals surface area contributed by atoms with E-state index >= 15 is 0 Å². The van der Waals surface area contributed by atoms with Crippen molar-refractivity contribution >= 4 is 16.1 Å². The number of rotatable bonds is 2. The Bertz CT molecular complexity index is 836. The Balaban J connectivity index is 1.58.